The van der Waals surface area contributed by atoms with Crippen molar-refractivity contribution < 1.29 is 4.79 Å². The highest BCUT2D eigenvalue weighted by Gasteiger charge is 2.43. The molecule has 2 aliphatic heterocycles. The van der Waals surface area contributed by atoms with Crippen LogP contribution in [-0.2, 0) is 17.9 Å². The Morgan fingerprint density at radius 2 is 1.93 bits per heavy atom. The summed E-state index contributed by atoms with van der Waals surface area (Å²) in [6.07, 6.45) is 7.15. The Morgan fingerprint density at radius 3 is 2.52 bits per heavy atom. The summed E-state index contributed by atoms with van der Waals surface area (Å²) in [6, 6.07) is 8.45. The molecule has 3 aliphatic rings. The Balaban J connectivity index is 0.00000210. The van der Waals surface area contributed by atoms with E-state index in [1.807, 2.05) is 11.9 Å². The van der Waals surface area contributed by atoms with Crippen LogP contribution in [0.3, 0.4) is 0 Å². The highest BCUT2D eigenvalue weighted by Crippen LogP contribution is 2.47. The summed E-state index contributed by atoms with van der Waals surface area (Å²) >= 11 is 0. The highest BCUT2D eigenvalue weighted by molar-refractivity contribution is 14.0. The van der Waals surface area contributed by atoms with Gasteiger partial charge < -0.3 is 15.1 Å². The number of carbonyl (C=O) groups is 1. The SMILES string of the molecule is CN=C(NCc1ccccc1CN1CCCC1=O)N1CCC2(CCC2)C1.I. The lowest BCUT2D eigenvalue weighted by atomic mass is 9.68. The summed E-state index contributed by atoms with van der Waals surface area (Å²) in [5.74, 6) is 1.30. The molecule has 0 unspecified atom stereocenters. The maximum Gasteiger partial charge on any atom is 0.222 e. The predicted octanol–water partition coefficient (Wildman–Crippen LogP) is 3.38. The van der Waals surface area contributed by atoms with Crippen LogP contribution in [0, 0.1) is 5.41 Å². The molecule has 2 saturated heterocycles. The molecule has 6 heteroatoms. The van der Waals surface area contributed by atoms with Gasteiger partial charge in [0.15, 0.2) is 5.96 Å². The van der Waals surface area contributed by atoms with Crippen molar-refractivity contribution in [2.75, 3.05) is 26.7 Å². The minimum Gasteiger partial charge on any atom is -0.352 e. The third kappa shape index (κ3) is 4.41. The molecule has 148 valence electrons. The van der Waals surface area contributed by atoms with Crippen LogP contribution in [0.1, 0.15) is 49.7 Å². The van der Waals surface area contributed by atoms with E-state index in [0.717, 1.165) is 45.1 Å². The normalized spacial score (nSPS) is 21.4. The first kappa shape index (κ1) is 20.4. The fourth-order valence-corrected chi connectivity index (χ4v) is 4.67. The second-order valence-electron chi connectivity index (χ2n) is 8.11. The van der Waals surface area contributed by atoms with Crippen molar-refractivity contribution in [1.29, 1.82) is 0 Å². The maximum absolute atomic E-state index is 12.0. The van der Waals surface area contributed by atoms with E-state index >= 15 is 0 Å². The van der Waals surface area contributed by atoms with Gasteiger partial charge in [-0.3, -0.25) is 9.79 Å². The molecular formula is C21H31IN4O. The van der Waals surface area contributed by atoms with Crippen LogP contribution in [0.25, 0.3) is 0 Å². The molecule has 1 aromatic carbocycles. The third-order valence-corrected chi connectivity index (χ3v) is 6.45. The number of nitrogens with zero attached hydrogens (tertiary/aromatic N) is 3. The number of carbonyl (C=O) groups excluding carboxylic acids is 1. The first-order chi connectivity index (χ1) is 12.7. The number of hydrogen-bond acceptors (Lipinski definition) is 2. The molecule has 4 rings (SSSR count). The maximum atomic E-state index is 12.0. The van der Waals surface area contributed by atoms with Crippen molar-refractivity contribution in [3.63, 3.8) is 0 Å². The largest absolute Gasteiger partial charge is 0.352 e. The van der Waals surface area contributed by atoms with Gasteiger partial charge >= 0.3 is 0 Å². The number of aliphatic imine (C=N–C) groups is 1. The van der Waals surface area contributed by atoms with E-state index in [0.29, 0.717) is 11.8 Å². The minimum absolute atomic E-state index is 0. The summed E-state index contributed by atoms with van der Waals surface area (Å²) in [6.45, 7) is 4.63. The second kappa shape index (κ2) is 8.80. The number of halogens is 1. The molecule has 0 aromatic heterocycles. The number of benzene rings is 1. The van der Waals surface area contributed by atoms with E-state index in [9.17, 15) is 4.79 Å². The van der Waals surface area contributed by atoms with Crippen LogP contribution in [0.4, 0.5) is 0 Å². The molecule has 1 amide bonds. The molecule has 5 nitrogen and oxygen atoms in total. The number of guanidine groups is 1. The van der Waals surface area contributed by atoms with Crippen molar-refractivity contribution in [3.8, 4) is 0 Å². The monoisotopic (exact) mass is 482 g/mol. The van der Waals surface area contributed by atoms with Crippen molar-refractivity contribution >= 4 is 35.8 Å². The first-order valence-corrected chi connectivity index (χ1v) is 9.99. The lowest BCUT2D eigenvalue weighted by Crippen LogP contribution is -2.42. The van der Waals surface area contributed by atoms with Crippen LogP contribution >= 0.6 is 24.0 Å². The van der Waals surface area contributed by atoms with Crippen molar-refractivity contribution in [3.05, 3.63) is 35.4 Å². The van der Waals surface area contributed by atoms with Gasteiger partial charge in [-0.15, -0.1) is 24.0 Å². The molecule has 1 aliphatic carbocycles. The smallest absolute Gasteiger partial charge is 0.222 e. The second-order valence-corrected chi connectivity index (χ2v) is 8.11. The number of rotatable bonds is 4. The van der Waals surface area contributed by atoms with Crippen LogP contribution in [0.5, 0.6) is 0 Å². The lowest BCUT2D eigenvalue weighted by Gasteiger charge is -2.38. The lowest BCUT2D eigenvalue weighted by molar-refractivity contribution is -0.128. The third-order valence-electron chi connectivity index (χ3n) is 6.45. The summed E-state index contributed by atoms with van der Waals surface area (Å²) in [4.78, 5) is 20.9. The Labute approximate surface area is 179 Å². The Bertz CT molecular complexity index is 701. The summed E-state index contributed by atoms with van der Waals surface area (Å²) in [5.41, 5.74) is 3.07. The Hall–Kier alpha value is -1.31. The van der Waals surface area contributed by atoms with E-state index in [-0.39, 0.29) is 29.9 Å². The molecule has 1 spiro atoms. The molecule has 1 aromatic rings. The fourth-order valence-electron chi connectivity index (χ4n) is 4.67. The predicted molar refractivity (Wildman–Crippen MR) is 119 cm³/mol. The van der Waals surface area contributed by atoms with Crippen molar-refractivity contribution in [1.82, 2.24) is 15.1 Å². The zero-order valence-electron chi connectivity index (χ0n) is 16.2. The van der Waals surface area contributed by atoms with Gasteiger partial charge in [0.1, 0.15) is 0 Å². The molecule has 1 N–H and O–H groups in total. The molecule has 1 saturated carbocycles. The molecule has 3 fully saturated rings. The van der Waals surface area contributed by atoms with E-state index in [1.165, 1.54) is 36.8 Å². The topological polar surface area (TPSA) is 47.9 Å². The van der Waals surface area contributed by atoms with Gasteiger partial charge in [0.05, 0.1) is 0 Å². The van der Waals surface area contributed by atoms with E-state index < -0.39 is 0 Å². The van der Waals surface area contributed by atoms with Crippen LogP contribution in [0.2, 0.25) is 0 Å². The number of amides is 1. The van der Waals surface area contributed by atoms with Crippen molar-refractivity contribution in [2.24, 2.45) is 10.4 Å². The van der Waals surface area contributed by atoms with Gasteiger partial charge in [-0.25, -0.2) is 0 Å². The van der Waals surface area contributed by atoms with E-state index in [2.05, 4.69) is 39.5 Å². The Morgan fingerprint density at radius 1 is 1.15 bits per heavy atom. The molecular weight excluding hydrogens is 451 g/mol. The zero-order chi connectivity index (χ0) is 18.0. The average Bonchev–Trinajstić information content (AvgIpc) is 3.24. The number of nitrogens with one attached hydrogen (secondary N) is 1. The van der Waals surface area contributed by atoms with E-state index in [1.54, 1.807) is 0 Å². The first-order valence-electron chi connectivity index (χ1n) is 9.99. The average molecular weight is 482 g/mol. The molecule has 0 bridgehead atoms. The summed E-state index contributed by atoms with van der Waals surface area (Å²) < 4.78 is 0. The molecule has 0 atom stereocenters. The van der Waals surface area contributed by atoms with Gasteiger partial charge in [0.25, 0.3) is 0 Å². The summed E-state index contributed by atoms with van der Waals surface area (Å²) in [7, 11) is 1.88. The number of hydrogen-bond donors (Lipinski definition) is 1. The van der Waals surface area contributed by atoms with Gasteiger partial charge in [-0.05, 0) is 42.2 Å². The van der Waals surface area contributed by atoms with Crippen molar-refractivity contribution in [2.45, 2.75) is 51.6 Å². The zero-order valence-corrected chi connectivity index (χ0v) is 18.6. The quantitative estimate of drug-likeness (QED) is 0.407. The number of likely N-dealkylation sites (tertiary alicyclic amines) is 2. The van der Waals surface area contributed by atoms with Gasteiger partial charge in [0.2, 0.25) is 5.91 Å². The van der Waals surface area contributed by atoms with Gasteiger partial charge in [0, 0.05) is 46.2 Å². The molecule has 2 heterocycles. The van der Waals surface area contributed by atoms with Gasteiger partial charge in [-0.1, -0.05) is 30.7 Å². The standard InChI is InChI=1S/C21H30N4O.HI/c1-22-20(25-13-11-21(16-25)9-5-10-21)23-14-17-6-2-3-7-18(17)15-24-12-4-8-19(24)26;/h2-3,6-7H,4-5,8-16H2,1H3,(H,22,23);1H. The van der Waals surface area contributed by atoms with Crippen LogP contribution in [0.15, 0.2) is 29.3 Å². The van der Waals surface area contributed by atoms with Crippen LogP contribution < -0.4 is 5.32 Å². The Kier molecular flexibility index (Phi) is 6.65. The minimum atomic E-state index is 0. The fraction of sp³-hybridized carbons (Fsp3) is 0.619. The van der Waals surface area contributed by atoms with E-state index in [4.69, 9.17) is 0 Å². The highest BCUT2D eigenvalue weighted by atomic mass is 127. The van der Waals surface area contributed by atoms with Crippen LogP contribution in [-0.4, -0.2) is 48.3 Å². The van der Waals surface area contributed by atoms with Gasteiger partial charge in [-0.2, -0.15) is 0 Å². The summed E-state index contributed by atoms with van der Waals surface area (Å²) in [5, 5.41) is 3.56. The molecule has 27 heavy (non-hydrogen) atoms. The molecule has 0 radical (unpaired) electrons.